The molecular weight excluding hydrogens is 440 g/mol. The van der Waals surface area contributed by atoms with E-state index in [9.17, 15) is 0 Å². The Morgan fingerprint density at radius 1 is 0.472 bits per heavy atom. The van der Waals surface area contributed by atoms with E-state index in [0.717, 1.165) is 24.3 Å². The van der Waals surface area contributed by atoms with Crippen LogP contribution < -0.4 is 9.47 Å². The van der Waals surface area contributed by atoms with E-state index in [1.54, 1.807) is 14.2 Å². The third-order valence-electron chi connectivity index (χ3n) is 7.21. The summed E-state index contributed by atoms with van der Waals surface area (Å²) in [6.07, 6.45) is 1.77. The molecule has 0 unspecified atom stereocenters. The average Bonchev–Trinajstić information content (AvgIpc) is 2.80. The van der Waals surface area contributed by atoms with E-state index in [1.165, 1.54) is 66.8 Å². The molecule has 0 saturated carbocycles. The number of benzene rings is 4. The summed E-state index contributed by atoms with van der Waals surface area (Å²) in [5.74, 6) is 1.96. The monoisotopic (exact) mass is 478 g/mol. The maximum absolute atomic E-state index is 5.60. The van der Waals surface area contributed by atoms with Crippen molar-refractivity contribution in [3.63, 3.8) is 0 Å². The highest BCUT2D eigenvalue weighted by atomic mass is 16.5. The highest BCUT2D eigenvalue weighted by Crippen LogP contribution is 2.37. The van der Waals surface area contributed by atoms with Crippen LogP contribution in [0.1, 0.15) is 55.6 Å². The molecular formula is C34H38O2. The third-order valence-corrected chi connectivity index (χ3v) is 7.21. The Balaban J connectivity index is 1.81. The molecule has 0 bridgehead atoms. The highest BCUT2D eigenvalue weighted by molar-refractivity contribution is 5.77. The summed E-state index contributed by atoms with van der Waals surface area (Å²) in [6, 6.07) is 22.5. The topological polar surface area (TPSA) is 18.5 Å². The van der Waals surface area contributed by atoms with E-state index < -0.39 is 0 Å². The van der Waals surface area contributed by atoms with Crippen molar-refractivity contribution in [2.45, 2.75) is 54.4 Å². The summed E-state index contributed by atoms with van der Waals surface area (Å²) in [5, 5.41) is 0. The van der Waals surface area contributed by atoms with Crippen molar-refractivity contribution in [3.05, 3.63) is 116 Å². The fourth-order valence-electron chi connectivity index (χ4n) is 5.83. The van der Waals surface area contributed by atoms with Gasteiger partial charge in [-0.25, -0.2) is 0 Å². The van der Waals surface area contributed by atoms with E-state index in [1.807, 2.05) is 0 Å². The van der Waals surface area contributed by atoms with Gasteiger partial charge >= 0.3 is 0 Å². The molecule has 0 N–H and O–H groups in total. The summed E-state index contributed by atoms with van der Waals surface area (Å²) in [6.45, 7) is 13.0. The van der Waals surface area contributed by atoms with Gasteiger partial charge in [0.05, 0.1) is 14.2 Å². The molecule has 4 rings (SSSR count). The smallest absolute Gasteiger partial charge is 0.124 e. The fraction of sp³-hybridized carbons (Fsp3) is 0.294. The molecule has 0 amide bonds. The van der Waals surface area contributed by atoms with Crippen LogP contribution >= 0.6 is 0 Å². The van der Waals surface area contributed by atoms with Crippen LogP contribution in [-0.2, 0) is 12.8 Å². The lowest BCUT2D eigenvalue weighted by molar-refractivity contribution is 0.408. The first-order valence-electron chi connectivity index (χ1n) is 12.7. The number of ether oxygens (including phenoxy) is 2. The Morgan fingerprint density at radius 3 is 1.11 bits per heavy atom. The van der Waals surface area contributed by atoms with Gasteiger partial charge in [0.2, 0.25) is 0 Å². The van der Waals surface area contributed by atoms with Crippen LogP contribution in [0.3, 0.4) is 0 Å². The van der Waals surface area contributed by atoms with Crippen molar-refractivity contribution in [2.75, 3.05) is 14.2 Å². The molecule has 0 aromatic heterocycles. The molecule has 0 aliphatic rings. The maximum Gasteiger partial charge on any atom is 0.124 e. The van der Waals surface area contributed by atoms with Crippen LogP contribution in [-0.4, -0.2) is 14.2 Å². The van der Waals surface area contributed by atoms with Gasteiger partial charge in [-0.1, -0.05) is 60.7 Å². The van der Waals surface area contributed by atoms with Gasteiger partial charge in [-0.05, 0) is 121 Å². The number of methoxy groups -OCH3 is 2. The quantitative estimate of drug-likeness (QED) is 0.265. The first-order chi connectivity index (χ1) is 17.2. The van der Waals surface area contributed by atoms with Gasteiger partial charge in [0, 0.05) is 0 Å². The normalized spacial score (nSPS) is 11.0. The van der Waals surface area contributed by atoms with Gasteiger partial charge in [-0.3, -0.25) is 0 Å². The molecule has 0 atom stereocenters. The van der Waals surface area contributed by atoms with Crippen LogP contribution in [0.25, 0.3) is 11.1 Å². The van der Waals surface area contributed by atoms with Crippen molar-refractivity contribution in [2.24, 2.45) is 0 Å². The molecule has 36 heavy (non-hydrogen) atoms. The van der Waals surface area contributed by atoms with Crippen LogP contribution in [0.4, 0.5) is 0 Å². The van der Waals surface area contributed by atoms with Gasteiger partial charge in [-0.15, -0.1) is 0 Å². The van der Waals surface area contributed by atoms with Crippen molar-refractivity contribution in [3.8, 4) is 22.6 Å². The lowest BCUT2D eigenvalue weighted by atomic mass is 9.84. The van der Waals surface area contributed by atoms with Crippen LogP contribution in [0.2, 0.25) is 0 Å². The molecule has 186 valence electrons. The van der Waals surface area contributed by atoms with E-state index >= 15 is 0 Å². The fourth-order valence-corrected chi connectivity index (χ4v) is 5.83. The van der Waals surface area contributed by atoms with E-state index in [4.69, 9.17) is 9.47 Å². The number of rotatable bonds is 7. The Morgan fingerprint density at radius 2 is 0.806 bits per heavy atom. The summed E-state index contributed by atoms with van der Waals surface area (Å²) in [7, 11) is 3.50. The average molecular weight is 479 g/mol. The minimum absolute atomic E-state index is 0.886. The van der Waals surface area contributed by atoms with Crippen molar-refractivity contribution < 1.29 is 9.47 Å². The number of hydrogen-bond acceptors (Lipinski definition) is 2. The molecule has 0 fully saturated rings. The minimum Gasteiger partial charge on any atom is -0.496 e. The second-order valence-electron chi connectivity index (χ2n) is 10.1. The Labute approximate surface area is 216 Å². The molecule has 0 aliphatic heterocycles. The lowest BCUT2D eigenvalue weighted by Crippen LogP contribution is -2.02. The molecule has 0 heterocycles. The molecule has 4 aromatic carbocycles. The highest BCUT2D eigenvalue weighted by Gasteiger charge is 2.17. The first-order valence-corrected chi connectivity index (χ1v) is 12.7. The lowest BCUT2D eigenvalue weighted by Gasteiger charge is -2.20. The van der Waals surface area contributed by atoms with Crippen molar-refractivity contribution >= 4 is 0 Å². The molecule has 4 aromatic rings. The number of hydrogen-bond donors (Lipinski definition) is 0. The Bertz CT molecular complexity index is 1260. The second-order valence-corrected chi connectivity index (χ2v) is 10.1. The maximum atomic E-state index is 5.60. The Hall–Kier alpha value is -3.52. The van der Waals surface area contributed by atoms with Gasteiger partial charge in [0.15, 0.2) is 0 Å². The third kappa shape index (κ3) is 5.04. The molecule has 2 nitrogen and oxygen atoms in total. The predicted molar refractivity (Wildman–Crippen MR) is 152 cm³/mol. The zero-order chi connectivity index (χ0) is 26.0. The van der Waals surface area contributed by atoms with Crippen LogP contribution in [0.15, 0.2) is 60.7 Å². The van der Waals surface area contributed by atoms with Gasteiger partial charge in [0.1, 0.15) is 11.5 Å². The molecule has 0 radical (unpaired) electrons. The SMILES string of the molecule is COc1c(C)cc(Cc2cccc(C)c2-c2c(C)cccc2Cc2cc(C)c(OC)c(C)c2)cc1C. The van der Waals surface area contributed by atoms with Gasteiger partial charge in [0.25, 0.3) is 0 Å². The predicted octanol–water partition coefficient (Wildman–Crippen LogP) is 8.40. The first kappa shape index (κ1) is 25.6. The van der Waals surface area contributed by atoms with E-state index in [0.29, 0.717) is 0 Å². The van der Waals surface area contributed by atoms with E-state index in [-0.39, 0.29) is 0 Å². The van der Waals surface area contributed by atoms with Gasteiger partial charge < -0.3 is 9.47 Å². The molecule has 2 heteroatoms. The zero-order valence-corrected chi connectivity index (χ0v) is 23.0. The van der Waals surface area contributed by atoms with E-state index in [2.05, 4.69) is 102 Å². The minimum atomic E-state index is 0.886. The van der Waals surface area contributed by atoms with Crippen LogP contribution in [0, 0.1) is 41.5 Å². The van der Waals surface area contributed by atoms with Crippen molar-refractivity contribution in [1.82, 2.24) is 0 Å². The zero-order valence-electron chi connectivity index (χ0n) is 23.0. The van der Waals surface area contributed by atoms with Crippen molar-refractivity contribution in [1.29, 1.82) is 0 Å². The summed E-state index contributed by atoms with van der Waals surface area (Å²) < 4.78 is 11.2. The summed E-state index contributed by atoms with van der Waals surface area (Å²) in [5.41, 5.74) is 15.4. The number of aryl methyl sites for hydroxylation is 6. The van der Waals surface area contributed by atoms with Gasteiger partial charge in [-0.2, -0.15) is 0 Å². The standard InChI is InChI=1S/C34H38O2/c1-21-11-9-13-29(19-27-15-23(3)33(35-7)24(4)16-27)31(21)32-22(2)12-10-14-30(32)20-28-17-25(5)34(36-8)26(6)18-28/h9-18H,19-20H2,1-8H3. The Kier molecular flexibility index (Phi) is 7.54. The largest absolute Gasteiger partial charge is 0.496 e. The molecule has 0 aliphatic carbocycles. The summed E-state index contributed by atoms with van der Waals surface area (Å²) in [4.78, 5) is 0. The molecule has 0 spiro atoms. The summed E-state index contributed by atoms with van der Waals surface area (Å²) >= 11 is 0. The van der Waals surface area contributed by atoms with Crippen LogP contribution in [0.5, 0.6) is 11.5 Å². The second kappa shape index (κ2) is 10.6. The molecule has 0 saturated heterocycles.